The van der Waals surface area contributed by atoms with Crippen LogP contribution in [-0.2, 0) is 12.4 Å². The molecule has 3 rings (SSSR count). The lowest BCUT2D eigenvalue weighted by Gasteiger charge is -2.13. The summed E-state index contributed by atoms with van der Waals surface area (Å²) in [6.07, 6.45) is 0.751. The first-order chi connectivity index (χ1) is 14.5. The Bertz CT molecular complexity index is 1050. The first-order valence-corrected chi connectivity index (χ1v) is 10.2. The molecule has 0 aliphatic rings. The van der Waals surface area contributed by atoms with Crippen molar-refractivity contribution in [2.45, 2.75) is 39.1 Å². The van der Waals surface area contributed by atoms with Crippen LogP contribution in [0.15, 0.2) is 18.2 Å². The first-order valence-electron chi connectivity index (χ1n) is 9.67. The van der Waals surface area contributed by atoms with E-state index in [1.165, 1.54) is 0 Å². The standard InChI is InChI=1S/C20H25ClN6O3/c1-4-5-8-22-18-17-16(23-19(24-18)25-20(28)29)12(2)26-27(17)11-14-7-6-13(10-21)9-15(14)30-3/h6-7,9H,4-5,8,10-11H2,1-3H3,(H,28,29)(H2,22,23,24,25). The molecule has 0 atom stereocenters. The minimum Gasteiger partial charge on any atom is -0.496 e. The summed E-state index contributed by atoms with van der Waals surface area (Å²) in [5.74, 6) is 1.67. The number of benzene rings is 1. The van der Waals surface area contributed by atoms with Crippen molar-refractivity contribution in [3.05, 3.63) is 35.0 Å². The van der Waals surface area contributed by atoms with Gasteiger partial charge in [-0.1, -0.05) is 25.5 Å². The Morgan fingerprint density at radius 2 is 2.13 bits per heavy atom. The Hall–Kier alpha value is -3.07. The van der Waals surface area contributed by atoms with Crippen LogP contribution >= 0.6 is 11.6 Å². The highest BCUT2D eigenvalue weighted by Gasteiger charge is 2.19. The molecular weight excluding hydrogens is 408 g/mol. The molecule has 0 aliphatic carbocycles. The maximum absolute atomic E-state index is 11.1. The van der Waals surface area contributed by atoms with Gasteiger partial charge in [0.1, 0.15) is 16.8 Å². The van der Waals surface area contributed by atoms with E-state index < -0.39 is 6.09 Å². The number of halogens is 1. The number of rotatable bonds is 9. The molecule has 0 aliphatic heterocycles. The van der Waals surface area contributed by atoms with Crippen molar-refractivity contribution in [1.29, 1.82) is 0 Å². The molecule has 0 saturated heterocycles. The molecule has 0 unspecified atom stereocenters. The molecule has 2 aromatic heterocycles. The van der Waals surface area contributed by atoms with E-state index >= 15 is 0 Å². The minimum atomic E-state index is -1.22. The van der Waals surface area contributed by atoms with E-state index in [4.69, 9.17) is 21.4 Å². The second kappa shape index (κ2) is 9.62. The monoisotopic (exact) mass is 432 g/mol. The second-order valence-electron chi connectivity index (χ2n) is 6.83. The molecule has 30 heavy (non-hydrogen) atoms. The second-order valence-corrected chi connectivity index (χ2v) is 7.09. The van der Waals surface area contributed by atoms with Gasteiger partial charge >= 0.3 is 6.09 Å². The number of hydrogen-bond acceptors (Lipinski definition) is 6. The van der Waals surface area contributed by atoms with Gasteiger partial charge in [0.05, 0.1) is 19.3 Å². The molecule has 0 radical (unpaired) electrons. The van der Waals surface area contributed by atoms with Gasteiger partial charge in [-0.15, -0.1) is 11.6 Å². The zero-order valence-electron chi connectivity index (χ0n) is 17.2. The van der Waals surface area contributed by atoms with Crippen molar-refractivity contribution in [2.75, 3.05) is 24.3 Å². The quantitative estimate of drug-likeness (QED) is 0.342. The Kier molecular flexibility index (Phi) is 6.94. The Morgan fingerprint density at radius 3 is 2.80 bits per heavy atom. The average Bonchev–Trinajstić information content (AvgIpc) is 3.03. The largest absolute Gasteiger partial charge is 0.496 e. The van der Waals surface area contributed by atoms with Gasteiger partial charge in [0.15, 0.2) is 5.82 Å². The molecule has 0 bridgehead atoms. The van der Waals surface area contributed by atoms with Crippen LogP contribution in [0.2, 0.25) is 0 Å². The van der Waals surface area contributed by atoms with Crippen LogP contribution in [0.25, 0.3) is 11.0 Å². The fraction of sp³-hybridized carbons (Fsp3) is 0.400. The van der Waals surface area contributed by atoms with Gasteiger partial charge in [0.2, 0.25) is 5.95 Å². The number of fused-ring (bicyclic) bond motifs is 1. The molecule has 1 amide bonds. The van der Waals surface area contributed by atoms with Crippen molar-refractivity contribution >= 4 is 40.5 Å². The molecule has 0 saturated carbocycles. The van der Waals surface area contributed by atoms with Crippen LogP contribution in [0.1, 0.15) is 36.6 Å². The van der Waals surface area contributed by atoms with Crippen LogP contribution in [0, 0.1) is 6.92 Å². The van der Waals surface area contributed by atoms with Gasteiger partial charge in [-0.2, -0.15) is 10.1 Å². The third kappa shape index (κ3) is 4.73. The van der Waals surface area contributed by atoms with Gasteiger partial charge in [0, 0.05) is 18.0 Å². The number of carboxylic acid groups (broad SMARTS) is 1. The summed E-state index contributed by atoms with van der Waals surface area (Å²) in [4.78, 5) is 19.8. The van der Waals surface area contributed by atoms with Crippen molar-refractivity contribution in [3.8, 4) is 5.75 Å². The highest BCUT2D eigenvalue weighted by atomic mass is 35.5. The fourth-order valence-corrected chi connectivity index (χ4v) is 3.33. The van der Waals surface area contributed by atoms with Crippen molar-refractivity contribution in [2.24, 2.45) is 0 Å². The first kappa shape index (κ1) is 21.6. The number of unbranched alkanes of at least 4 members (excludes halogenated alkanes) is 1. The predicted molar refractivity (Wildman–Crippen MR) is 117 cm³/mol. The Balaban J connectivity index is 2.07. The van der Waals surface area contributed by atoms with Crippen molar-refractivity contribution in [1.82, 2.24) is 19.7 Å². The molecule has 1 aromatic carbocycles. The summed E-state index contributed by atoms with van der Waals surface area (Å²) < 4.78 is 7.34. The highest BCUT2D eigenvalue weighted by molar-refractivity contribution is 6.17. The SMILES string of the molecule is CCCCNc1nc(NC(=O)O)nc2c(C)nn(Cc3ccc(CCl)cc3OC)c12. The third-order valence-corrected chi connectivity index (χ3v) is 4.93. The minimum absolute atomic E-state index is 0.0145. The van der Waals surface area contributed by atoms with Crippen LogP contribution in [0.3, 0.4) is 0 Å². The summed E-state index contributed by atoms with van der Waals surface area (Å²) >= 11 is 5.94. The van der Waals surface area contributed by atoms with Crippen LogP contribution in [0.4, 0.5) is 16.6 Å². The number of aryl methyl sites for hydroxylation is 1. The number of carbonyl (C=O) groups is 1. The van der Waals surface area contributed by atoms with Crippen LogP contribution < -0.4 is 15.4 Å². The number of hydrogen-bond donors (Lipinski definition) is 3. The smallest absolute Gasteiger partial charge is 0.411 e. The number of ether oxygens (including phenoxy) is 1. The summed E-state index contributed by atoms with van der Waals surface area (Å²) in [6, 6.07) is 5.83. The number of anilines is 2. The van der Waals surface area contributed by atoms with Gasteiger partial charge in [-0.3, -0.25) is 10.00 Å². The Morgan fingerprint density at radius 1 is 1.33 bits per heavy atom. The topological polar surface area (TPSA) is 114 Å². The molecule has 3 N–H and O–H groups in total. The van der Waals surface area contributed by atoms with Gasteiger partial charge < -0.3 is 15.2 Å². The molecule has 0 fully saturated rings. The summed E-state index contributed by atoms with van der Waals surface area (Å²) in [6.45, 7) is 5.07. The lowest BCUT2D eigenvalue weighted by atomic mass is 10.1. The van der Waals surface area contributed by atoms with Gasteiger partial charge in [0.25, 0.3) is 0 Å². The number of nitrogens with one attached hydrogen (secondary N) is 2. The highest BCUT2D eigenvalue weighted by Crippen LogP contribution is 2.28. The third-order valence-electron chi connectivity index (χ3n) is 4.62. The molecule has 2 heterocycles. The maximum Gasteiger partial charge on any atom is 0.411 e. The van der Waals surface area contributed by atoms with E-state index in [2.05, 4.69) is 32.6 Å². The zero-order chi connectivity index (χ0) is 21.7. The zero-order valence-corrected chi connectivity index (χ0v) is 18.0. The predicted octanol–water partition coefficient (Wildman–Crippen LogP) is 4.23. The van der Waals surface area contributed by atoms with Crippen molar-refractivity contribution < 1.29 is 14.6 Å². The number of alkyl halides is 1. The van der Waals surface area contributed by atoms with Crippen LogP contribution in [0.5, 0.6) is 5.75 Å². The summed E-state index contributed by atoms with van der Waals surface area (Å²) in [5, 5.41) is 19.2. The fourth-order valence-electron chi connectivity index (χ4n) is 3.17. The summed E-state index contributed by atoms with van der Waals surface area (Å²) in [7, 11) is 1.62. The molecule has 10 heteroatoms. The number of nitrogens with zero attached hydrogens (tertiary/aromatic N) is 4. The van der Waals surface area contributed by atoms with Gasteiger partial charge in [-0.05, 0) is 25.0 Å². The molecule has 0 spiro atoms. The lowest BCUT2D eigenvalue weighted by molar-refractivity contribution is 0.209. The summed E-state index contributed by atoms with van der Waals surface area (Å²) in [5.41, 5.74) is 3.87. The number of methoxy groups -OCH3 is 1. The average molecular weight is 433 g/mol. The molecular formula is C20H25ClN6O3. The molecule has 160 valence electrons. The molecule has 9 nitrogen and oxygen atoms in total. The normalized spacial score (nSPS) is 10.9. The lowest BCUT2D eigenvalue weighted by Crippen LogP contribution is -2.14. The Labute approximate surface area is 179 Å². The number of amides is 1. The van der Waals surface area contributed by atoms with Gasteiger partial charge in [-0.25, -0.2) is 9.78 Å². The number of aromatic nitrogens is 4. The van der Waals surface area contributed by atoms with Crippen LogP contribution in [-0.4, -0.2) is 44.6 Å². The van der Waals surface area contributed by atoms with Crippen molar-refractivity contribution in [3.63, 3.8) is 0 Å². The van der Waals surface area contributed by atoms with E-state index in [1.54, 1.807) is 7.11 Å². The maximum atomic E-state index is 11.1. The van der Waals surface area contributed by atoms with E-state index in [9.17, 15) is 4.79 Å². The molecule has 3 aromatic rings. The van der Waals surface area contributed by atoms with E-state index in [0.717, 1.165) is 29.7 Å². The van der Waals surface area contributed by atoms with E-state index in [-0.39, 0.29) is 5.95 Å². The van der Waals surface area contributed by atoms with E-state index in [0.29, 0.717) is 41.5 Å². The van der Waals surface area contributed by atoms with E-state index in [1.807, 2.05) is 29.8 Å².